The highest BCUT2D eigenvalue weighted by molar-refractivity contribution is 5.77. The van der Waals surface area contributed by atoms with Crippen LogP contribution in [0.1, 0.15) is 59.0 Å². The first-order valence-corrected chi connectivity index (χ1v) is 13.6. The van der Waals surface area contributed by atoms with Crippen molar-refractivity contribution in [3.63, 3.8) is 0 Å². The fourth-order valence-corrected chi connectivity index (χ4v) is 6.25. The number of aryl methyl sites for hydroxylation is 2. The van der Waals surface area contributed by atoms with Crippen LogP contribution in [0.3, 0.4) is 0 Å². The van der Waals surface area contributed by atoms with Crippen LogP contribution in [0, 0.1) is 25.6 Å². The van der Waals surface area contributed by atoms with Crippen molar-refractivity contribution in [2.75, 3.05) is 31.7 Å². The molecule has 39 heavy (non-hydrogen) atoms. The molecule has 2 N–H and O–H groups in total. The highest BCUT2D eigenvalue weighted by Gasteiger charge is 2.31. The third-order valence-corrected chi connectivity index (χ3v) is 8.14. The monoisotopic (exact) mass is 532 g/mol. The van der Waals surface area contributed by atoms with Gasteiger partial charge in [0.15, 0.2) is 0 Å². The number of carbonyl (C=O) groups is 1. The summed E-state index contributed by atoms with van der Waals surface area (Å²) in [6.45, 7) is 6.71. The topological polar surface area (TPSA) is 89.9 Å². The van der Waals surface area contributed by atoms with E-state index < -0.39 is 5.97 Å². The maximum Gasteiger partial charge on any atom is 0.304 e. The van der Waals surface area contributed by atoms with Gasteiger partial charge in [-0.15, -0.1) is 0 Å². The molecule has 8 heteroatoms. The Balaban J connectivity index is 1.24. The Morgan fingerprint density at radius 2 is 2.00 bits per heavy atom. The summed E-state index contributed by atoms with van der Waals surface area (Å²) in [7, 11) is 0. The van der Waals surface area contributed by atoms with E-state index in [0.717, 1.165) is 71.6 Å². The lowest BCUT2D eigenvalue weighted by Crippen LogP contribution is -2.12. The molecule has 0 saturated carbocycles. The first-order chi connectivity index (χ1) is 18.9. The summed E-state index contributed by atoms with van der Waals surface area (Å²) in [5, 5.41) is 12.6. The van der Waals surface area contributed by atoms with Gasteiger partial charge in [-0.25, -0.2) is 9.37 Å². The van der Waals surface area contributed by atoms with Crippen molar-refractivity contribution in [2.45, 2.75) is 51.5 Å². The van der Waals surface area contributed by atoms with Crippen LogP contribution in [0.25, 0.3) is 11.1 Å². The van der Waals surface area contributed by atoms with E-state index in [1.165, 1.54) is 0 Å². The fourth-order valence-electron chi connectivity index (χ4n) is 6.25. The molecule has 0 spiro atoms. The number of ether oxygens (including phenoxy) is 3. The number of nitrogens with one attached hydrogen (secondary N) is 1. The third kappa shape index (κ3) is 5.05. The number of hydrogen-bond acceptors (Lipinski definition) is 6. The molecule has 1 fully saturated rings. The van der Waals surface area contributed by atoms with Gasteiger partial charge in [0.1, 0.15) is 23.1 Å². The summed E-state index contributed by atoms with van der Waals surface area (Å²) in [4.78, 5) is 15.7. The molecule has 1 aliphatic carbocycles. The molecule has 3 aromatic rings. The summed E-state index contributed by atoms with van der Waals surface area (Å²) in [6.07, 6.45) is 4.21. The standard InChI is InChI=1S/C31H33FN2O5/c1-17-9-21(38-15-19-7-8-37-14-19)10-18(2)30(17)22-3-5-25(32)31-23(22)4-6-26(31)34-28-12-27-24(13-33-28)20(16-39-27)11-29(35)36/h3,5,9-10,12-13,19-20,26H,4,6-8,11,14-16H2,1-2H3,(H,33,34)(H,35,36)/t19?,20-,26-/m1/s1. The van der Waals surface area contributed by atoms with Gasteiger partial charge in [-0.05, 0) is 79.1 Å². The molecule has 1 unspecified atom stereocenters. The highest BCUT2D eigenvalue weighted by Crippen LogP contribution is 2.44. The van der Waals surface area contributed by atoms with Crippen molar-refractivity contribution in [2.24, 2.45) is 5.92 Å². The number of aliphatic carboxylic acids is 1. The van der Waals surface area contributed by atoms with Gasteiger partial charge in [-0.1, -0.05) is 6.07 Å². The van der Waals surface area contributed by atoms with Crippen LogP contribution in [-0.4, -0.2) is 42.5 Å². The Morgan fingerprint density at radius 1 is 1.18 bits per heavy atom. The van der Waals surface area contributed by atoms with E-state index >= 15 is 4.39 Å². The molecule has 3 aliphatic rings. The van der Waals surface area contributed by atoms with Crippen LogP contribution in [-0.2, 0) is 16.0 Å². The van der Waals surface area contributed by atoms with Crippen LogP contribution in [0.5, 0.6) is 11.5 Å². The van der Waals surface area contributed by atoms with Gasteiger partial charge >= 0.3 is 5.97 Å². The summed E-state index contributed by atoms with van der Waals surface area (Å²) >= 11 is 0. The van der Waals surface area contributed by atoms with Crippen LogP contribution >= 0.6 is 0 Å². The second-order valence-electron chi connectivity index (χ2n) is 10.9. The van der Waals surface area contributed by atoms with Crippen molar-refractivity contribution < 1.29 is 28.5 Å². The fraction of sp³-hybridized carbons (Fsp3) is 0.419. The number of fused-ring (bicyclic) bond motifs is 2. The Kier molecular flexibility index (Phi) is 6.89. The molecule has 0 bridgehead atoms. The lowest BCUT2D eigenvalue weighted by Gasteiger charge is -2.19. The largest absolute Gasteiger partial charge is 0.493 e. The summed E-state index contributed by atoms with van der Waals surface area (Å²) in [6, 6.07) is 9.18. The molecule has 2 aromatic carbocycles. The predicted octanol–water partition coefficient (Wildman–Crippen LogP) is 5.97. The number of nitrogens with zero attached hydrogens (tertiary/aromatic N) is 1. The zero-order chi connectivity index (χ0) is 27.1. The zero-order valence-electron chi connectivity index (χ0n) is 22.3. The Bertz CT molecular complexity index is 1400. The van der Waals surface area contributed by atoms with E-state index in [2.05, 4.69) is 36.3 Å². The quantitative estimate of drug-likeness (QED) is 0.369. The molecule has 204 valence electrons. The molecule has 6 rings (SSSR count). The summed E-state index contributed by atoms with van der Waals surface area (Å²) in [5.41, 5.74) is 6.89. The number of carboxylic acid groups (broad SMARTS) is 1. The van der Waals surface area contributed by atoms with Gasteiger partial charge in [-0.3, -0.25) is 4.79 Å². The number of pyridine rings is 1. The predicted molar refractivity (Wildman–Crippen MR) is 145 cm³/mol. The minimum atomic E-state index is -0.862. The Labute approximate surface area is 227 Å². The molecule has 7 nitrogen and oxygen atoms in total. The SMILES string of the molecule is Cc1cc(OCC2CCOC2)cc(C)c1-c1ccc(F)c2c1CC[C@H]2Nc1cc2c(cn1)[C@H](CC(=O)O)CO2. The highest BCUT2D eigenvalue weighted by atomic mass is 19.1. The normalized spacial score (nSPS) is 21.4. The average molecular weight is 533 g/mol. The zero-order valence-corrected chi connectivity index (χ0v) is 22.3. The Hall–Kier alpha value is -3.65. The van der Waals surface area contributed by atoms with E-state index in [0.29, 0.717) is 36.3 Å². The number of anilines is 1. The van der Waals surface area contributed by atoms with E-state index in [1.54, 1.807) is 18.3 Å². The van der Waals surface area contributed by atoms with Gasteiger partial charge in [0.2, 0.25) is 0 Å². The average Bonchev–Trinajstić information content (AvgIpc) is 3.65. The van der Waals surface area contributed by atoms with Crippen molar-refractivity contribution in [1.82, 2.24) is 4.98 Å². The van der Waals surface area contributed by atoms with Crippen LogP contribution in [0.15, 0.2) is 36.5 Å². The maximum absolute atomic E-state index is 15.3. The molecular weight excluding hydrogens is 499 g/mol. The molecule has 1 aromatic heterocycles. The van der Waals surface area contributed by atoms with E-state index in [-0.39, 0.29) is 24.2 Å². The molecule has 1 saturated heterocycles. The lowest BCUT2D eigenvalue weighted by molar-refractivity contribution is -0.137. The van der Waals surface area contributed by atoms with Crippen molar-refractivity contribution >= 4 is 11.8 Å². The number of aromatic nitrogens is 1. The van der Waals surface area contributed by atoms with Gasteiger partial charge in [0.05, 0.1) is 32.3 Å². The van der Waals surface area contributed by atoms with Gasteiger partial charge in [-0.2, -0.15) is 0 Å². The Morgan fingerprint density at radius 3 is 2.74 bits per heavy atom. The summed E-state index contributed by atoms with van der Waals surface area (Å²) in [5.74, 6) is 1.24. The number of hydrogen-bond donors (Lipinski definition) is 2. The summed E-state index contributed by atoms with van der Waals surface area (Å²) < 4.78 is 32.6. The first-order valence-electron chi connectivity index (χ1n) is 13.6. The molecule has 2 aliphatic heterocycles. The molecule has 0 radical (unpaired) electrons. The van der Waals surface area contributed by atoms with E-state index in [9.17, 15) is 4.79 Å². The van der Waals surface area contributed by atoms with Gasteiger partial charge < -0.3 is 24.6 Å². The van der Waals surface area contributed by atoms with Crippen LogP contribution in [0.4, 0.5) is 10.2 Å². The van der Waals surface area contributed by atoms with Crippen molar-refractivity contribution in [3.8, 4) is 22.6 Å². The van der Waals surface area contributed by atoms with Crippen LogP contribution in [0.2, 0.25) is 0 Å². The molecular formula is C31H33FN2O5. The second-order valence-corrected chi connectivity index (χ2v) is 10.9. The molecule has 0 amide bonds. The third-order valence-electron chi connectivity index (χ3n) is 8.14. The van der Waals surface area contributed by atoms with Crippen molar-refractivity contribution in [1.29, 1.82) is 0 Å². The first kappa shape index (κ1) is 25.6. The minimum absolute atomic E-state index is 0.00681. The molecule has 3 heterocycles. The number of rotatable bonds is 8. The lowest BCUT2D eigenvalue weighted by atomic mass is 9.90. The van der Waals surface area contributed by atoms with Gasteiger partial charge in [0.25, 0.3) is 0 Å². The second kappa shape index (κ2) is 10.5. The van der Waals surface area contributed by atoms with Crippen LogP contribution < -0.4 is 14.8 Å². The van der Waals surface area contributed by atoms with Crippen molar-refractivity contribution in [3.05, 3.63) is 70.2 Å². The van der Waals surface area contributed by atoms with Gasteiger partial charge in [0, 0.05) is 41.8 Å². The number of halogens is 1. The maximum atomic E-state index is 15.3. The number of benzene rings is 2. The number of carboxylic acids is 1. The van der Waals surface area contributed by atoms with E-state index in [4.69, 9.17) is 19.3 Å². The minimum Gasteiger partial charge on any atom is -0.493 e. The molecule has 3 atom stereocenters. The smallest absolute Gasteiger partial charge is 0.304 e. The van der Waals surface area contributed by atoms with E-state index in [1.807, 2.05) is 6.07 Å².